The summed E-state index contributed by atoms with van der Waals surface area (Å²) in [6, 6.07) is 7.99. The van der Waals surface area contributed by atoms with E-state index in [0.717, 1.165) is 43.9 Å². The minimum Gasteiger partial charge on any atom is -0.380 e. The van der Waals surface area contributed by atoms with Crippen LogP contribution in [0.5, 0.6) is 0 Å². The molecule has 0 aromatic heterocycles. The first-order valence-electron chi connectivity index (χ1n) is 9.43. The van der Waals surface area contributed by atoms with Gasteiger partial charge < -0.3 is 15.5 Å². The van der Waals surface area contributed by atoms with Gasteiger partial charge in [-0.15, -0.1) is 0 Å². The van der Waals surface area contributed by atoms with E-state index >= 15 is 0 Å². The van der Waals surface area contributed by atoms with Crippen molar-refractivity contribution < 1.29 is 4.79 Å². The fourth-order valence-electron chi connectivity index (χ4n) is 3.34. The molecule has 2 rings (SSSR count). The molecule has 1 saturated heterocycles. The van der Waals surface area contributed by atoms with E-state index in [1.165, 1.54) is 0 Å². The summed E-state index contributed by atoms with van der Waals surface area (Å²) in [4.78, 5) is 15.0. The van der Waals surface area contributed by atoms with Crippen LogP contribution in [0.1, 0.15) is 54.4 Å². The zero-order chi connectivity index (χ0) is 18.7. The Morgan fingerprint density at radius 1 is 1.00 bits per heavy atom. The Morgan fingerprint density at radius 2 is 1.52 bits per heavy atom. The summed E-state index contributed by atoms with van der Waals surface area (Å²) in [6.45, 7) is 16.3. The van der Waals surface area contributed by atoms with Gasteiger partial charge in [-0.2, -0.15) is 0 Å². The summed E-state index contributed by atoms with van der Waals surface area (Å²) in [5.41, 5.74) is 2.30. The SMILES string of the molecule is CC(C)(C)CN1CCC(C(=O)Nc2ccc(NC(C)(C)C)cc2)CC1. The molecule has 0 saturated carbocycles. The topological polar surface area (TPSA) is 44.4 Å². The van der Waals surface area contributed by atoms with Crippen molar-refractivity contribution in [1.29, 1.82) is 0 Å². The van der Waals surface area contributed by atoms with Crippen molar-refractivity contribution in [3.63, 3.8) is 0 Å². The summed E-state index contributed by atoms with van der Waals surface area (Å²) >= 11 is 0. The summed E-state index contributed by atoms with van der Waals surface area (Å²) in [5.74, 6) is 0.288. The normalized spacial score (nSPS) is 17.4. The molecule has 4 heteroatoms. The van der Waals surface area contributed by atoms with Gasteiger partial charge in [0.2, 0.25) is 5.91 Å². The van der Waals surface area contributed by atoms with Crippen LogP contribution in [0.15, 0.2) is 24.3 Å². The molecule has 1 aliphatic rings. The molecule has 0 spiro atoms. The number of hydrogen-bond acceptors (Lipinski definition) is 3. The highest BCUT2D eigenvalue weighted by atomic mass is 16.1. The summed E-state index contributed by atoms with van der Waals surface area (Å²) in [7, 11) is 0. The third-order valence-corrected chi connectivity index (χ3v) is 4.33. The molecule has 1 amide bonds. The molecular weight excluding hydrogens is 310 g/mol. The van der Waals surface area contributed by atoms with Gasteiger partial charge in [0.25, 0.3) is 0 Å². The van der Waals surface area contributed by atoms with Gasteiger partial charge in [0, 0.05) is 29.4 Å². The maximum Gasteiger partial charge on any atom is 0.227 e. The molecule has 0 atom stereocenters. The molecule has 1 aromatic carbocycles. The number of nitrogens with one attached hydrogen (secondary N) is 2. The quantitative estimate of drug-likeness (QED) is 0.838. The van der Waals surface area contributed by atoms with Crippen LogP contribution >= 0.6 is 0 Å². The molecule has 1 aromatic rings. The number of benzene rings is 1. The van der Waals surface area contributed by atoms with E-state index in [2.05, 4.69) is 57.1 Å². The van der Waals surface area contributed by atoms with Gasteiger partial charge in [-0.1, -0.05) is 20.8 Å². The molecular formula is C21H35N3O. The van der Waals surface area contributed by atoms with E-state index in [9.17, 15) is 4.79 Å². The van der Waals surface area contributed by atoms with Crippen LogP contribution in [-0.2, 0) is 4.79 Å². The predicted molar refractivity (Wildman–Crippen MR) is 107 cm³/mol. The van der Waals surface area contributed by atoms with Crippen molar-refractivity contribution in [3.8, 4) is 0 Å². The second-order valence-corrected chi connectivity index (χ2v) is 9.55. The van der Waals surface area contributed by atoms with Crippen LogP contribution in [-0.4, -0.2) is 36.0 Å². The third-order valence-electron chi connectivity index (χ3n) is 4.33. The van der Waals surface area contributed by atoms with Crippen LogP contribution in [0.3, 0.4) is 0 Å². The molecule has 4 nitrogen and oxygen atoms in total. The molecule has 2 N–H and O–H groups in total. The van der Waals surface area contributed by atoms with E-state index < -0.39 is 0 Å². The number of amides is 1. The van der Waals surface area contributed by atoms with E-state index in [0.29, 0.717) is 5.41 Å². The maximum absolute atomic E-state index is 12.5. The van der Waals surface area contributed by atoms with Crippen molar-refractivity contribution in [2.75, 3.05) is 30.3 Å². The van der Waals surface area contributed by atoms with Crippen molar-refractivity contribution in [2.24, 2.45) is 11.3 Å². The Kier molecular flexibility index (Phi) is 6.15. The van der Waals surface area contributed by atoms with Crippen LogP contribution in [0, 0.1) is 11.3 Å². The molecule has 140 valence electrons. The number of carbonyl (C=O) groups is 1. The number of hydrogen-bond donors (Lipinski definition) is 2. The third kappa shape index (κ3) is 7.07. The summed E-state index contributed by atoms with van der Waals surface area (Å²) in [5, 5.41) is 6.51. The van der Waals surface area contributed by atoms with Crippen molar-refractivity contribution in [2.45, 2.75) is 59.9 Å². The lowest BCUT2D eigenvalue weighted by atomic mass is 9.91. The standard InChI is InChI=1S/C21H35N3O/c1-20(2,3)15-24-13-11-16(12-14-24)19(25)22-17-7-9-18(10-8-17)23-21(4,5)6/h7-10,16,23H,11-15H2,1-6H3,(H,22,25). The van der Waals surface area contributed by atoms with E-state index in [1.807, 2.05) is 24.3 Å². The molecule has 0 radical (unpaired) electrons. The maximum atomic E-state index is 12.5. The molecule has 1 heterocycles. The average molecular weight is 346 g/mol. The summed E-state index contributed by atoms with van der Waals surface area (Å²) < 4.78 is 0. The van der Waals surface area contributed by atoms with Crippen molar-refractivity contribution in [1.82, 2.24) is 4.90 Å². The minimum absolute atomic E-state index is 0.0335. The zero-order valence-corrected chi connectivity index (χ0v) is 16.8. The zero-order valence-electron chi connectivity index (χ0n) is 16.8. The largest absolute Gasteiger partial charge is 0.380 e. The molecule has 25 heavy (non-hydrogen) atoms. The first-order chi connectivity index (χ1) is 11.5. The summed E-state index contributed by atoms with van der Waals surface area (Å²) in [6.07, 6.45) is 1.90. The number of piperidine rings is 1. The number of anilines is 2. The van der Waals surface area contributed by atoms with Gasteiger partial charge in [0.1, 0.15) is 0 Å². The van der Waals surface area contributed by atoms with Gasteiger partial charge in [-0.25, -0.2) is 0 Å². The Labute approximate surface area is 153 Å². The van der Waals surface area contributed by atoms with Crippen LogP contribution in [0.25, 0.3) is 0 Å². The fraction of sp³-hybridized carbons (Fsp3) is 0.667. The Morgan fingerprint density at radius 3 is 2.00 bits per heavy atom. The highest BCUT2D eigenvalue weighted by Gasteiger charge is 2.27. The van der Waals surface area contributed by atoms with Gasteiger partial charge in [-0.3, -0.25) is 4.79 Å². The number of carbonyl (C=O) groups excluding carboxylic acids is 1. The second kappa shape index (κ2) is 7.77. The van der Waals surface area contributed by atoms with E-state index in [-0.39, 0.29) is 17.4 Å². The smallest absolute Gasteiger partial charge is 0.227 e. The van der Waals surface area contributed by atoms with Gasteiger partial charge in [0.15, 0.2) is 0 Å². The number of likely N-dealkylation sites (tertiary alicyclic amines) is 1. The van der Waals surface area contributed by atoms with Gasteiger partial charge in [0.05, 0.1) is 0 Å². The first-order valence-corrected chi connectivity index (χ1v) is 9.43. The monoisotopic (exact) mass is 345 g/mol. The lowest BCUT2D eigenvalue weighted by Gasteiger charge is -2.35. The fourth-order valence-corrected chi connectivity index (χ4v) is 3.34. The first kappa shape index (κ1) is 19.8. The second-order valence-electron chi connectivity index (χ2n) is 9.55. The Balaban J connectivity index is 1.82. The lowest BCUT2D eigenvalue weighted by molar-refractivity contribution is -0.121. The number of rotatable bonds is 4. The van der Waals surface area contributed by atoms with Gasteiger partial charge in [-0.05, 0) is 76.4 Å². The molecule has 1 aliphatic heterocycles. The molecule has 0 aliphatic carbocycles. The minimum atomic E-state index is 0.0335. The Hall–Kier alpha value is -1.55. The van der Waals surface area contributed by atoms with Crippen LogP contribution in [0.2, 0.25) is 0 Å². The van der Waals surface area contributed by atoms with Crippen LogP contribution in [0.4, 0.5) is 11.4 Å². The highest BCUT2D eigenvalue weighted by molar-refractivity contribution is 5.92. The molecule has 0 unspecified atom stereocenters. The van der Waals surface area contributed by atoms with Gasteiger partial charge >= 0.3 is 0 Å². The predicted octanol–water partition coefficient (Wildman–Crippen LogP) is 4.59. The molecule has 0 bridgehead atoms. The lowest BCUT2D eigenvalue weighted by Crippen LogP contribution is -2.41. The Bertz CT molecular complexity index is 558. The average Bonchev–Trinajstić information content (AvgIpc) is 2.47. The van der Waals surface area contributed by atoms with E-state index in [1.54, 1.807) is 0 Å². The van der Waals surface area contributed by atoms with Crippen molar-refractivity contribution in [3.05, 3.63) is 24.3 Å². The molecule has 1 fully saturated rings. The van der Waals surface area contributed by atoms with Crippen molar-refractivity contribution >= 4 is 17.3 Å². The number of nitrogens with zero attached hydrogens (tertiary/aromatic N) is 1. The van der Waals surface area contributed by atoms with E-state index in [4.69, 9.17) is 0 Å². The highest BCUT2D eigenvalue weighted by Crippen LogP contribution is 2.24. The van der Waals surface area contributed by atoms with Crippen LogP contribution < -0.4 is 10.6 Å².